The first-order valence-electron chi connectivity index (χ1n) is 15.8. The molecule has 272 valence electrons. The number of aromatic nitrogens is 4. The molecule has 0 radical (unpaired) electrons. The van der Waals surface area contributed by atoms with Crippen LogP contribution in [0.3, 0.4) is 0 Å². The number of hydrogen-bond donors (Lipinski definition) is 1. The zero-order valence-corrected chi connectivity index (χ0v) is 26.8. The van der Waals surface area contributed by atoms with Crippen LogP contribution in [0.25, 0.3) is 0 Å². The molecule has 0 spiro atoms. The van der Waals surface area contributed by atoms with Gasteiger partial charge in [-0.2, -0.15) is 44.3 Å². The standard InChI is InChI=1S/C32H33F9N6O3/c1-3-23-15-26(46(29-42-44-45(2)43-29)16-18-10-21(31(36,37)38)13-22(11-18)32(39,40)41)24-14-20(30(33,34)35)8-9-25(24)47(23)28(50)19-6-4-17(5-7-19)12-27(48)49/h8-11,13-14,17,19,23,26H,3-7,12,15-16H2,1-2H3,(H,48,49). The minimum Gasteiger partial charge on any atom is -0.481 e. The molecule has 1 N–H and O–H groups in total. The third-order valence-corrected chi connectivity index (χ3v) is 9.33. The highest BCUT2D eigenvalue weighted by Gasteiger charge is 2.44. The van der Waals surface area contributed by atoms with E-state index in [9.17, 15) is 54.2 Å². The van der Waals surface area contributed by atoms with Gasteiger partial charge < -0.3 is 14.9 Å². The summed E-state index contributed by atoms with van der Waals surface area (Å²) in [4.78, 5) is 29.0. The number of rotatable bonds is 8. The molecule has 2 unspecified atom stereocenters. The first-order chi connectivity index (χ1) is 23.3. The summed E-state index contributed by atoms with van der Waals surface area (Å²) in [6, 6.07) is 2.02. The van der Waals surface area contributed by atoms with E-state index in [1.165, 1.54) is 16.8 Å². The molecule has 9 nitrogen and oxygen atoms in total. The fourth-order valence-electron chi connectivity index (χ4n) is 6.92. The third kappa shape index (κ3) is 7.98. The maximum absolute atomic E-state index is 14.1. The minimum atomic E-state index is -5.15. The Labute approximate surface area is 280 Å². The number of benzene rings is 2. The van der Waals surface area contributed by atoms with E-state index in [-0.39, 0.29) is 47.9 Å². The number of hydrogen-bond acceptors (Lipinski definition) is 6. The van der Waals surface area contributed by atoms with Crippen LogP contribution in [0.4, 0.5) is 51.1 Å². The zero-order valence-electron chi connectivity index (χ0n) is 26.8. The predicted molar refractivity (Wildman–Crippen MR) is 159 cm³/mol. The number of carbonyl (C=O) groups is 2. The maximum atomic E-state index is 14.1. The van der Waals surface area contributed by atoms with Crippen LogP contribution in [0.2, 0.25) is 0 Å². The van der Waals surface area contributed by atoms with Crippen molar-refractivity contribution in [3.8, 4) is 0 Å². The van der Waals surface area contributed by atoms with E-state index >= 15 is 0 Å². The Balaban J connectivity index is 1.61. The molecule has 1 aliphatic carbocycles. The van der Waals surface area contributed by atoms with Crippen molar-refractivity contribution in [3.63, 3.8) is 0 Å². The Morgan fingerprint density at radius 1 is 0.880 bits per heavy atom. The van der Waals surface area contributed by atoms with Gasteiger partial charge in [0.2, 0.25) is 5.91 Å². The van der Waals surface area contributed by atoms with E-state index in [2.05, 4.69) is 15.4 Å². The molecule has 0 saturated heterocycles. The number of carboxylic acids is 1. The quantitative estimate of drug-likeness (QED) is 0.237. The fourth-order valence-corrected chi connectivity index (χ4v) is 6.92. The van der Waals surface area contributed by atoms with E-state index in [0.717, 1.165) is 23.0 Å². The summed E-state index contributed by atoms with van der Waals surface area (Å²) in [5, 5.41) is 20.9. The number of tetrazole rings is 1. The number of aliphatic carboxylic acids is 1. The summed E-state index contributed by atoms with van der Waals surface area (Å²) in [5.41, 5.74) is -4.63. The second kappa shape index (κ2) is 13.7. The molecule has 1 saturated carbocycles. The molecule has 2 atom stereocenters. The number of alkyl halides is 9. The van der Waals surface area contributed by atoms with Gasteiger partial charge in [0, 0.05) is 30.6 Å². The summed E-state index contributed by atoms with van der Waals surface area (Å²) < 4.78 is 125. The minimum absolute atomic E-state index is 0.0221. The molecule has 18 heteroatoms. The Morgan fingerprint density at radius 2 is 1.48 bits per heavy atom. The smallest absolute Gasteiger partial charge is 0.416 e. The maximum Gasteiger partial charge on any atom is 0.416 e. The molecule has 1 amide bonds. The molecule has 0 bridgehead atoms. The Morgan fingerprint density at radius 3 is 1.98 bits per heavy atom. The van der Waals surface area contributed by atoms with Crippen LogP contribution < -0.4 is 9.80 Å². The predicted octanol–water partition coefficient (Wildman–Crippen LogP) is 7.81. The van der Waals surface area contributed by atoms with Crippen molar-refractivity contribution in [1.29, 1.82) is 0 Å². The van der Waals surface area contributed by atoms with Gasteiger partial charge in [-0.1, -0.05) is 12.0 Å². The SMILES string of the molecule is CCC1CC(N(Cc2cc(C(F)(F)F)cc(C(F)(F)F)c2)c2nnn(C)n2)c2cc(C(F)(F)F)ccc2N1C(=O)C1CCC(CC(=O)O)CC1. The van der Waals surface area contributed by atoms with E-state index in [1.54, 1.807) is 6.92 Å². The van der Waals surface area contributed by atoms with Gasteiger partial charge in [-0.05, 0) is 97.2 Å². The van der Waals surface area contributed by atoms with Crippen LogP contribution in [-0.4, -0.2) is 43.2 Å². The van der Waals surface area contributed by atoms with Crippen molar-refractivity contribution < 1.29 is 54.2 Å². The van der Waals surface area contributed by atoms with E-state index in [1.807, 2.05) is 0 Å². The highest BCUT2D eigenvalue weighted by Crippen LogP contribution is 2.47. The van der Waals surface area contributed by atoms with Crippen molar-refractivity contribution in [1.82, 2.24) is 20.2 Å². The molecule has 3 aromatic rings. The van der Waals surface area contributed by atoms with Crippen molar-refractivity contribution in [3.05, 3.63) is 64.2 Å². The number of aryl methyl sites for hydroxylation is 1. The Kier molecular flexibility index (Phi) is 10.1. The Bertz CT molecular complexity index is 1680. The summed E-state index contributed by atoms with van der Waals surface area (Å²) in [5.74, 6) is -2.23. The van der Waals surface area contributed by atoms with Crippen LogP contribution in [0.15, 0.2) is 36.4 Å². The second-order valence-corrected chi connectivity index (χ2v) is 12.7. The highest BCUT2D eigenvalue weighted by molar-refractivity contribution is 5.97. The van der Waals surface area contributed by atoms with E-state index in [4.69, 9.17) is 0 Å². The number of anilines is 2. The molecular formula is C32H33F9N6O3. The lowest BCUT2D eigenvalue weighted by Crippen LogP contribution is -2.50. The number of amides is 1. The van der Waals surface area contributed by atoms with Crippen molar-refractivity contribution in [2.75, 3.05) is 9.80 Å². The van der Waals surface area contributed by atoms with Gasteiger partial charge in [0.15, 0.2) is 0 Å². The summed E-state index contributed by atoms with van der Waals surface area (Å²) in [7, 11) is 1.36. The molecule has 1 aromatic heterocycles. The van der Waals surface area contributed by atoms with Gasteiger partial charge in [-0.15, -0.1) is 5.10 Å². The number of fused-ring (bicyclic) bond motifs is 1. The average Bonchev–Trinajstić information content (AvgIpc) is 3.46. The van der Waals surface area contributed by atoms with E-state index in [0.29, 0.717) is 44.2 Å². The van der Waals surface area contributed by atoms with Crippen molar-refractivity contribution in [2.45, 2.75) is 89.0 Å². The van der Waals surface area contributed by atoms with Gasteiger partial charge in [-0.25, -0.2) is 0 Å². The van der Waals surface area contributed by atoms with Crippen molar-refractivity contribution >= 4 is 23.5 Å². The molecule has 5 rings (SSSR count). The van der Waals surface area contributed by atoms with E-state index < -0.39 is 71.3 Å². The van der Waals surface area contributed by atoms with Crippen LogP contribution in [-0.2, 0) is 41.7 Å². The molecule has 1 aliphatic heterocycles. The number of carboxylic acid groups (broad SMARTS) is 1. The molecule has 2 aliphatic rings. The highest BCUT2D eigenvalue weighted by atomic mass is 19.4. The summed E-state index contributed by atoms with van der Waals surface area (Å²) in [6.45, 7) is 1.06. The fraction of sp³-hybridized carbons (Fsp3) is 0.531. The van der Waals surface area contributed by atoms with Crippen LogP contribution in [0, 0.1) is 11.8 Å². The largest absolute Gasteiger partial charge is 0.481 e. The lowest BCUT2D eigenvalue weighted by Gasteiger charge is -2.46. The summed E-state index contributed by atoms with van der Waals surface area (Å²) >= 11 is 0. The second-order valence-electron chi connectivity index (χ2n) is 12.7. The first-order valence-corrected chi connectivity index (χ1v) is 15.8. The van der Waals surface area contributed by atoms with Crippen LogP contribution >= 0.6 is 0 Å². The van der Waals surface area contributed by atoms with Gasteiger partial charge >= 0.3 is 24.5 Å². The Hall–Kier alpha value is -4.38. The topological polar surface area (TPSA) is 104 Å². The molecule has 2 heterocycles. The lowest BCUT2D eigenvalue weighted by molar-refractivity contribution is -0.143. The molecule has 2 aromatic carbocycles. The molecule has 1 fully saturated rings. The van der Waals surface area contributed by atoms with Crippen LogP contribution in [0.1, 0.15) is 85.7 Å². The zero-order chi connectivity index (χ0) is 36.8. The van der Waals surface area contributed by atoms with Crippen molar-refractivity contribution in [2.24, 2.45) is 18.9 Å². The monoisotopic (exact) mass is 720 g/mol. The number of halogens is 9. The van der Waals surface area contributed by atoms with Gasteiger partial charge in [0.25, 0.3) is 5.95 Å². The van der Waals surface area contributed by atoms with Crippen LogP contribution in [0.5, 0.6) is 0 Å². The normalized spacial score (nSPS) is 21.5. The number of nitrogens with zero attached hydrogens (tertiary/aromatic N) is 6. The third-order valence-electron chi connectivity index (χ3n) is 9.33. The molecular weight excluding hydrogens is 687 g/mol. The van der Waals surface area contributed by atoms with Gasteiger partial charge in [0.05, 0.1) is 29.8 Å². The summed E-state index contributed by atoms with van der Waals surface area (Å²) in [6.07, 6.45) is -13.3. The van der Waals surface area contributed by atoms with Gasteiger partial charge in [0.1, 0.15) is 0 Å². The van der Waals surface area contributed by atoms with Gasteiger partial charge in [-0.3, -0.25) is 9.59 Å². The lowest BCUT2D eigenvalue weighted by atomic mass is 9.79. The number of carbonyl (C=O) groups excluding carboxylic acids is 1. The first kappa shape index (κ1) is 36.9. The molecule has 50 heavy (non-hydrogen) atoms. The average molecular weight is 721 g/mol.